The van der Waals surface area contributed by atoms with Crippen molar-refractivity contribution in [3.05, 3.63) is 75.3 Å². The van der Waals surface area contributed by atoms with Crippen LogP contribution >= 0.6 is 15.9 Å². The molecule has 0 aliphatic heterocycles. The van der Waals surface area contributed by atoms with Gasteiger partial charge in [-0.05, 0) is 56.2 Å². The molecule has 0 radical (unpaired) electrons. The second-order valence-corrected chi connectivity index (χ2v) is 7.29. The molecular weight excluding hydrogens is 422 g/mol. The minimum atomic E-state index is -0.611. The number of nitrogens with one attached hydrogen (secondary N) is 1. The highest BCUT2D eigenvalue weighted by molar-refractivity contribution is 9.10. The van der Waals surface area contributed by atoms with Crippen molar-refractivity contribution < 1.29 is 19.5 Å². The van der Waals surface area contributed by atoms with E-state index >= 15 is 0 Å². The van der Waals surface area contributed by atoms with Crippen LogP contribution in [0, 0.1) is 0 Å². The van der Waals surface area contributed by atoms with Crippen LogP contribution < -0.4 is 15.0 Å². The van der Waals surface area contributed by atoms with Crippen LogP contribution in [-0.2, 0) is 17.8 Å². The van der Waals surface area contributed by atoms with Gasteiger partial charge in [0.1, 0.15) is 18.1 Å². The van der Waals surface area contributed by atoms with Crippen LogP contribution in [0.3, 0.4) is 0 Å². The molecule has 2 N–H and O–H groups in total. The van der Waals surface area contributed by atoms with Crippen LogP contribution in [0.15, 0.2) is 58.6 Å². The molecule has 0 heterocycles. The van der Waals surface area contributed by atoms with Crippen molar-refractivity contribution in [1.82, 2.24) is 5.48 Å². The van der Waals surface area contributed by atoms with Crippen molar-refractivity contribution in [2.45, 2.75) is 26.9 Å². The predicted octanol–water partition coefficient (Wildman–Crippen LogP) is 5.06. The zero-order valence-electron chi connectivity index (χ0n) is 16.2. The molecule has 148 valence electrons. The number of benzene rings is 2. The van der Waals surface area contributed by atoms with Crippen LogP contribution in [0.2, 0.25) is 0 Å². The third-order valence-electron chi connectivity index (χ3n) is 4.00. The highest BCUT2D eigenvalue weighted by atomic mass is 79.9. The second-order valence-electron chi connectivity index (χ2n) is 6.37. The first-order valence-corrected chi connectivity index (χ1v) is 9.56. The van der Waals surface area contributed by atoms with E-state index in [1.54, 1.807) is 18.7 Å². The fourth-order valence-corrected chi connectivity index (χ4v) is 2.82. The second kappa shape index (κ2) is 10.7. The Hall–Kier alpha value is -2.57. The molecule has 0 aromatic heterocycles. The molecule has 5 nitrogen and oxygen atoms in total. The Labute approximate surface area is 173 Å². The van der Waals surface area contributed by atoms with Crippen LogP contribution in [0.1, 0.15) is 30.5 Å². The van der Waals surface area contributed by atoms with Gasteiger partial charge >= 0.3 is 0 Å². The van der Waals surface area contributed by atoms with E-state index in [4.69, 9.17) is 14.7 Å². The van der Waals surface area contributed by atoms with Crippen LogP contribution in [-0.4, -0.2) is 18.2 Å². The van der Waals surface area contributed by atoms with E-state index in [1.807, 2.05) is 50.2 Å². The molecule has 2 rings (SSSR count). The Bertz CT molecular complexity index is 869. The minimum absolute atomic E-state index is 0.370. The zero-order chi connectivity index (χ0) is 20.5. The van der Waals surface area contributed by atoms with E-state index in [0.29, 0.717) is 24.5 Å². The predicted molar refractivity (Wildman–Crippen MR) is 114 cm³/mol. The summed E-state index contributed by atoms with van der Waals surface area (Å²) >= 11 is 3.43. The standard InChI is InChI=1S/C22H24BrNO4/c1-15(2)4-11-19-20(27-3)12-7-17(8-13-21(25)24-26)22(19)28-14-16-5-9-18(23)10-6-16/h4-10,12-13,26H,11,14H2,1-3H3,(H,24,25). The summed E-state index contributed by atoms with van der Waals surface area (Å²) in [5.41, 5.74) is 5.40. The van der Waals surface area contributed by atoms with Crippen LogP contribution in [0.4, 0.5) is 0 Å². The molecule has 0 spiro atoms. The Morgan fingerprint density at radius 2 is 1.89 bits per heavy atom. The maximum absolute atomic E-state index is 11.4. The van der Waals surface area contributed by atoms with Gasteiger partial charge < -0.3 is 9.47 Å². The summed E-state index contributed by atoms with van der Waals surface area (Å²) in [6.45, 7) is 4.43. The maximum Gasteiger partial charge on any atom is 0.267 e. The third-order valence-corrected chi connectivity index (χ3v) is 4.53. The molecule has 1 amide bonds. The van der Waals surface area contributed by atoms with Gasteiger partial charge in [0.25, 0.3) is 5.91 Å². The van der Waals surface area contributed by atoms with E-state index in [1.165, 1.54) is 11.6 Å². The molecule has 0 aliphatic carbocycles. The summed E-state index contributed by atoms with van der Waals surface area (Å²) in [6, 6.07) is 11.5. The van der Waals surface area contributed by atoms with E-state index < -0.39 is 5.91 Å². The first kappa shape index (κ1) is 21.7. The van der Waals surface area contributed by atoms with Crippen molar-refractivity contribution in [1.29, 1.82) is 0 Å². The topological polar surface area (TPSA) is 67.8 Å². The first-order valence-electron chi connectivity index (χ1n) is 8.77. The Kier molecular flexibility index (Phi) is 8.29. The molecule has 2 aromatic carbocycles. The quantitative estimate of drug-likeness (QED) is 0.257. The van der Waals surface area contributed by atoms with Crippen molar-refractivity contribution in [2.24, 2.45) is 0 Å². The molecule has 0 fully saturated rings. The van der Waals surface area contributed by atoms with Gasteiger partial charge in [-0.1, -0.05) is 39.7 Å². The fraction of sp³-hybridized carbons (Fsp3) is 0.227. The zero-order valence-corrected chi connectivity index (χ0v) is 17.7. The lowest BCUT2D eigenvalue weighted by atomic mass is 10.0. The monoisotopic (exact) mass is 445 g/mol. The van der Waals surface area contributed by atoms with Gasteiger partial charge in [0.2, 0.25) is 0 Å². The summed E-state index contributed by atoms with van der Waals surface area (Å²) in [4.78, 5) is 11.4. The lowest BCUT2D eigenvalue weighted by molar-refractivity contribution is -0.124. The number of allylic oxidation sites excluding steroid dienone is 2. The number of halogens is 1. The Morgan fingerprint density at radius 1 is 1.18 bits per heavy atom. The van der Waals surface area contributed by atoms with Crippen molar-refractivity contribution >= 4 is 27.9 Å². The summed E-state index contributed by atoms with van der Waals surface area (Å²) in [6.07, 6.45) is 5.58. The van der Waals surface area contributed by atoms with Gasteiger partial charge in [-0.25, -0.2) is 5.48 Å². The Balaban J connectivity index is 2.44. The Morgan fingerprint density at radius 3 is 2.50 bits per heavy atom. The number of ether oxygens (including phenoxy) is 2. The first-order chi connectivity index (χ1) is 13.4. The van der Waals surface area contributed by atoms with Gasteiger partial charge in [0, 0.05) is 21.7 Å². The van der Waals surface area contributed by atoms with Crippen LogP contribution in [0.25, 0.3) is 6.08 Å². The van der Waals surface area contributed by atoms with E-state index in [2.05, 4.69) is 22.0 Å². The van der Waals surface area contributed by atoms with E-state index in [-0.39, 0.29) is 0 Å². The number of rotatable bonds is 8. The number of hydrogen-bond acceptors (Lipinski definition) is 4. The molecule has 28 heavy (non-hydrogen) atoms. The SMILES string of the molecule is COc1ccc(C=CC(=O)NO)c(OCc2ccc(Br)cc2)c1CC=C(C)C. The summed E-state index contributed by atoms with van der Waals surface area (Å²) < 4.78 is 12.7. The van der Waals surface area contributed by atoms with Crippen LogP contribution in [0.5, 0.6) is 11.5 Å². The molecule has 6 heteroatoms. The van der Waals surface area contributed by atoms with Gasteiger partial charge in [-0.2, -0.15) is 0 Å². The van der Waals surface area contributed by atoms with Crippen molar-refractivity contribution in [3.63, 3.8) is 0 Å². The lowest BCUT2D eigenvalue weighted by Crippen LogP contribution is -2.14. The fourth-order valence-electron chi connectivity index (χ4n) is 2.56. The van der Waals surface area contributed by atoms with Gasteiger partial charge in [-0.3, -0.25) is 10.0 Å². The highest BCUT2D eigenvalue weighted by Crippen LogP contribution is 2.35. The molecular formula is C22H24BrNO4. The number of carbonyl (C=O) groups is 1. The molecule has 0 bridgehead atoms. The number of carbonyl (C=O) groups excluding carboxylic acids is 1. The highest BCUT2D eigenvalue weighted by Gasteiger charge is 2.14. The molecule has 0 saturated carbocycles. The van der Waals surface area contributed by atoms with E-state index in [0.717, 1.165) is 21.2 Å². The maximum atomic E-state index is 11.4. The third kappa shape index (κ3) is 6.25. The van der Waals surface area contributed by atoms with Crippen molar-refractivity contribution in [2.75, 3.05) is 7.11 Å². The normalized spacial score (nSPS) is 10.6. The smallest absolute Gasteiger partial charge is 0.267 e. The van der Waals surface area contributed by atoms with E-state index in [9.17, 15) is 4.79 Å². The number of methoxy groups -OCH3 is 1. The molecule has 2 aromatic rings. The van der Waals surface area contributed by atoms with Gasteiger partial charge in [-0.15, -0.1) is 0 Å². The van der Waals surface area contributed by atoms with Crippen molar-refractivity contribution in [3.8, 4) is 11.5 Å². The molecule has 0 unspecified atom stereocenters. The number of hydrogen-bond donors (Lipinski definition) is 2. The number of amides is 1. The molecule has 0 atom stereocenters. The number of hydroxylamine groups is 1. The summed E-state index contributed by atoms with van der Waals surface area (Å²) in [7, 11) is 1.62. The molecule has 0 saturated heterocycles. The summed E-state index contributed by atoms with van der Waals surface area (Å²) in [5.74, 6) is 0.745. The average Bonchev–Trinajstić information content (AvgIpc) is 2.69. The minimum Gasteiger partial charge on any atom is -0.496 e. The summed E-state index contributed by atoms with van der Waals surface area (Å²) in [5, 5.41) is 8.72. The van der Waals surface area contributed by atoms with Gasteiger partial charge in [0.15, 0.2) is 0 Å². The average molecular weight is 446 g/mol. The van der Waals surface area contributed by atoms with Gasteiger partial charge in [0.05, 0.1) is 7.11 Å². The largest absolute Gasteiger partial charge is 0.496 e. The molecule has 0 aliphatic rings. The lowest BCUT2D eigenvalue weighted by Gasteiger charge is -2.17.